The van der Waals surface area contributed by atoms with Crippen molar-refractivity contribution >= 4 is 5.91 Å². The minimum absolute atomic E-state index is 0.0130. The fraction of sp³-hybridized carbons (Fsp3) is 0.364. The maximum atomic E-state index is 11.1. The highest BCUT2D eigenvalue weighted by molar-refractivity contribution is 5.76. The minimum atomic E-state index is -0.0130. The van der Waals surface area contributed by atoms with Crippen molar-refractivity contribution in [2.24, 2.45) is 0 Å². The monoisotopic (exact) mass is 193 g/mol. The SMILES string of the molecule is CN(C)C(=O)COCc1ccccc1. The number of carbonyl (C=O) groups excluding carboxylic acids is 1. The van der Waals surface area contributed by atoms with Gasteiger partial charge < -0.3 is 9.64 Å². The third-order valence-corrected chi connectivity index (χ3v) is 1.84. The molecule has 1 aromatic carbocycles. The molecule has 0 unspecified atom stereocenters. The summed E-state index contributed by atoms with van der Waals surface area (Å²) in [7, 11) is 3.43. The van der Waals surface area contributed by atoms with E-state index < -0.39 is 0 Å². The Hall–Kier alpha value is -1.35. The van der Waals surface area contributed by atoms with E-state index in [-0.39, 0.29) is 12.5 Å². The van der Waals surface area contributed by atoms with Crippen LogP contribution in [0.3, 0.4) is 0 Å². The molecule has 3 heteroatoms. The summed E-state index contributed by atoms with van der Waals surface area (Å²) in [5.41, 5.74) is 1.08. The Bertz CT molecular complexity index is 283. The van der Waals surface area contributed by atoms with Gasteiger partial charge in [-0.2, -0.15) is 0 Å². The van der Waals surface area contributed by atoms with Gasteiger partial charge in [-0.15, -0.1) is 0 Å². The summed E-state index contributed by atoms with van der Waals surface area (Å²) in [5, 5.41) is 0. The summed E-state index contributed by atoms with van der Waals surface area (Å²) in [5.74, 6) is -0.0130. The van der Waals surface area contributed by atoms with Crippen molar-refractivity contribution in [2.75, 3.05) is 20.7 Å². The molecule has 0 aliphatic carbocycles. The van der Waals surface area contributed by atoms with E-state index in [2.05, 4.69) is 0 Å². The topological polar surface area (TPSA) is 29.5 Å². The lowest BCUT2D eigenvalue weighted by Crippen LogP contribution is -2.26. The molecule has 1 aromatic rings. The van der Waals surface area contributed by atoms with Crippen molar-refractivity contribution in [3.05, 3.63) is 35.9 Å². The number of benzene rings is 1. The van der Waals surface area contributed by atoms with Gasteiger partial charge >= 0.3 is 0 Å². The standard InChI is InChI=1S/C11H15NO2/c1-12(2)11(13)9-14-8-10-6-4-3-5-7-10/h3-7H,8-9H2,1-2H3. The summed E-state index contributed by atoms with van der Waals surface area (Å²) in [6.45, 7) is 0.627. The first-order valence-electron chi connectivity index (χ1n) is 4.52. The molecular formula is C11H15NO2. The Morgan fingerprint density at radius 1 is 1.29 bits per heavy atom. The summed E-state index contributed by atoms with van der Waals surface area (Å²) >= 11 is 0. The molecule has 0 atom stereocenters. The maximum Gasteiger partial charge on any atom is 0.248 e. The van der Waals surface area contributed by atoms with E-state index in [9.17, 15) is 4.79 Å². The van der Waals surface area contributed by atoms with Crippen molar-refractivity contribution in [1.29, 1.82) is 0 Å². The Balaban J connectivity index is 2.26. The van der Waals surface area contributed by atoms with Crippen molar-refractivity contribution in [1.82, 2.24) is 4.90 Å². The van der Waals surface area contributed by atoms with Crippen LogP contribution in [0.25, 0.3) is 0 Å². The molecule has 0 bridgehead atoms. The van der Waals surface area contributed by atoms with Crippen molar-refractivity contribution in [2.45, 2.75) is 6.61 Å². The quantitative estimate of drug-likeness (QED) is 0.721. The summed E-state index contributed by atoms with van der Waals surface area (Å²) in [6, 6.07) is 9.80. The van der Waals surface area contributed by atoms with Gasteiger partial charge in [-0.05, 0) is 5.56 Å². The van der Waals surface area contributed by atoms with Crippen LogP contribution in [0.1, 0.15) is 5.56 Å². The average molecular weight is 193 g/mol. The fourth-order valence-electron chi connectivity index (χ4n) is 0.960. The number of hydrogen-bond donors (Lipinski definition) is 0. The number of rotatable bonds is 4. The predicted octanol–water partition coefficient (Wildman–Crippen LogP) is 1.29. The number of likely N-dealkylation sites (N-methyl/N-ethyl adjacent to an activating group) is 1. The summed E-state index contributed by atoms with van der Waals surface area (Å²) < 4.78 is 5.25. The molecule has 1 rings (SSSR count). The van der Waals surface area contributed by atoms with Crippen LogP contribution in [0.2, 0.25) is 0 Å². The van der Waals surface area contributed by atoms with Gasteiger partial charge in [0.25, 0.3) is 0 Å². The zero-order valence-electron chi connectivity index (χ0n) is 8.56. The second kappa shape index (κ2) is 5.40. The molecule has 14 heavy (non-hydrogen) atoms. The first-order chi connectivity index (χ1) is 6.70. The second-order valence-corrected chi connectivity index (χ2v) is 3.27. The van der Waals surface area contributed by atoms with Crippen LogP contribution in [0.15, 0.2) is 30.3 Å². The first-order valence-corrected chi connectivity index (χ1v) is 4.52. The van der Waals surface area contributed by atoms with Crippen molar-refractivity contribution in [3.63, 3.8) is 0 Å². The number of amides is 1. The Labute approximate surface area is 84.3 Å². The van der Waals surface area contributed by atoms with E-state index in [0.717, 1.165) is 5.56 Å². The molecule has 0 heterocycles. The highest BCUT2D eigenvalue weighted by Gasteiger charge is 2.02. The van der Waals surface area contributed by atoms with Gasteiger partial charge in [0, 0.05) is 14.1 Å². The average Bonchev–Trinajstić information content (AvgIpc) is 2.19. The Morgan fingerprint density at radius 3 is 2.50 bits per heavy atom. The van der Waals surface area contributed by atoms with Crippen LogP contribution >= 0.6 is 0 Å². The van der Waals surface area contributed by atoms with Crippen LogP contribution in [-0.2, 0) is 16.1 Å². The molecule has 3 nitrogen and oxygen atoms in total. The van der Waals surface area contributed by atoms with Gasteiger partial charge in [-0.25, -0.2) is 0 Å². The van der Waals surface area contributed by atoms with E-state index in [4.69, 9.17) is 4.74 Å². The van der Waals surface area contributed by atoms with Crippen LogP contribution in [-0.4, -0.2) is 31.5 Å². The lowest BCUT2D eigenvalue weighted by atomic mass is 10.2. The van der Waals surface area contributed by atoms with Gasteiger partial charge in [-0.1, -0.05) is 30.3 Å². The maximum absolute atomic E-state index is 11.1. The number of hydrogen-bond acceptors (Lipinski definition) is 2. The van der Waals surface area contributed by atoms with Crippen LogP contribution in [0.5, 0.6) is 0 Å². The molecule has 0 spiro atoms. The molecule has 1 amide bonds. The predicted molar refractivity (Wildman–Crippen MR) is 54.8 cm³/mol. The van der Waals surface area contributed by atoms with E-state index in [0.29, 0.717) is 6.61 Å². The molecule has 0 aliphatic heterocycles. The molecule has 0 saturated carbocycles. The highest BCUT2D eigenvalue weighted by Crippen LogP contribution is 2.00. The first kappa shape index (κ1) is 10.7. The third-order valence-electron chi connectivity index (χ3n) is 1.84. The Morgan fingerprint density at radius 2 is 1.93 bits per heavy atom. The largest absolute Gasteiger partial charge is 0.367 e. The smallest absolute Gasteiger partial charge is 0.248 e. The van der Waals surface area contributed by atoms with Gasteiger partial charge in [-0.3, -0.25) is 4.79 Å². The van der Waals surface area contributed by atoms with Crippen LogP contribution in [0.4, 0.5) is 0 Å². The molecule has 0 aliphatic rings. The zero-order valence-corrected chi connectivity index (χ0v) is 8.56. The molecular weight excluding hydrogens is 178 g/mol. The lowest BCUT2D eigenvalue weighted by molar-refractivity contribution is -0.133. The van der Waals surface area contributed by atoms with Gasteiger partial charge in [0.1, 0.15) is 6.61 Å². The van der Waals surface area contributed by atoms with Gasteiger partial charge in [0.2, 0.25) is 5.91 Å². The molecule has 76 valence electrons. The number of ether oxygens (including phenoxy) is 1. The second-order valence-electron chi connectivity index (χ2n) is 3.27. The molecule has 0 radical (unpaired) electrons. The van der Waals surface area contributed by atoms with E-state index in [1.807, 2.05) is 30.3 Å². The van der Waals surface area contributed by atoms with E-state index in [1.54, 1.807) is 14.1 Å². The highest BCUT2D eigenvalue weighted by atomic mass is 16.5. The molecule has 0 fully saturated rings. The van der Waals surface area contributed by atoms with E-state index in [1.165, 1.54) is 4.90 Å². The summed E-state index contributed by atoms with van der Waals surface area (Å²) in [4.78, 5) is 12.7. The van der Waals surface area contributed by atoms with Crippen molar-refractivity contribution in [3.8, 4) is 0 Å². The van der Waals surface area contributed by atoms with Gasteiger partial charge in [0.05, 0.1) is 6.61 Å². The molecule has 0 N–H and O–H groups in total. The van der Waals surface area contributed by atoms with Gasteiger partial charge in [0.15, 0.2) is 0 Å². The number of carbonyl (C=O) groups is 1. The summed E-state index contributed by atoms with van der Waals surface area (Å²) in [6.07, 6.45) is 0. The molecule has 0 saturated heterocycles. The lowest BCUT2D eigenvalue weighted by Gasteiger charge is -2.10. The van der Waals surface area contributed by atoms with Crippen molar-refractivity contribution < 1.29 is 9.53 Å². The third kappa shape index (κ3) is 3.58. The van der Waals surface area contributed by atoms with Crippen LogP contribution in [0, 0.1) is 0 Å². The fourth-order valence-corrected chi connectivity index (χ4v) is 0.960. The van der Waals surface area contributed by atoms with E-state index >= 15 is 0 Å². The Kier molecular flexibility index (Phi) is 4.13. The zero-order chi connectivity index (χ0) is 10.4. The molecule has 0 aromatic heterocycles. The van der Waals surface area contributed by atoms with Crippen LogP contribution < -0.4 is 0 Å². The normalized spacial score (nSPS) is 9.86. The number of nitrogens with zero attached hydrogens (tertiary/aromatic N) is 1. The minimum Gasteiger partial charge on any atom is -0.367 e.